The molecule has 0 aromatic heterocycles. The molecule has 0 bridgehead atoms. The molecule has 1 fully saturated rings. The van der Waals surface area contributed by atoms with E-state index in [1.54, 1.807) is 12.2 Å². The van der Waals surface area contributed by atoms with Crippen LogP contribution in [0.25, 0.3) is 0 Å². The Morgan fingerprint density at radius 2 is 1.89 bits per heavy atom. The first kappa shape index (κ1) is 14.5. The van der Waals surface area contributed by atoms with Crippen molar-refractivity contribution >= 4 is 0 Å². The van der Waals surface area contributed by atoms with Gasteiger partial charge in [-0.05, 0) is 49.2 Å². The quantitative estimate of drug-likeness (QED) is 0.714. The molecule has 108 valence electrons. The summed E-state index contributed by atoms with van der Waals surface area (Å²) >= 11 is 0. The van der Waals surface area contributed by atoms with Gasteiger partial charge in [0.1, 0.15) is 5.76 Å². The van der Waals surface area contributed by atoms with Crippen molar-refractivity contribution in [2.75, 3.05) is 6.61 Å². The predicted octanol–water partition coefficient (Wildman–Crippen LogP) is 4.85. The van der Waals surface area contributed by atoms with Crippen molar-refractivity contribution in [2.24, 2.45) is 17.8 Å². The zero-order chi connectivity index (χ0) is 13.9. The highest BCUT2D eigenvalue weighted by molar-refractivity contribution is 5.19. The molecule has 1 nitrogen and oxygen atoms in total. The summed E-state index contributed by atoms with van der Waals surface area (Å²) in [7, 11) is 0. The molecular formula is C15H21F3O. The molecule has 0 heterocycles. The van der Waals surface area contributed by atoms with Gasteiger partial charge in [0.2, 0.25) is 0 Å². The minimum atomic E-state index is -4.26. The van der Waals surface area contributed by atoms with Crippen molar-refractivity contribution in [3.8, 4) is 0 Å². The number of rotatable bonds is 3. The van der Waals surface area contributed by atoms with E-state index < -0.39 is 12.8 Å². The van der Waals surface area contributed by atoms with Gasteiger partial charge < -0.3 is 4.74 Å². The van der Waals surface area contributed by atoms with Crippen molar-refractivity contribution in [1.29, 1.82) is 0 Å². The molecular weight excluding hydrogens is 253 g/mol. The first-order valence-electron chi connectivity index (χ1n) is 7.02. The van der Waals surface area contributed by atoms with Gasteiger partial charge in [0.15, 0.2) is 6.61 Å². The van der Waals surface area contributed by atoms with Crippen LogP contribution in [0, 0.1) is 17.8 Å². The minimum Gasteiger partial charge on any atom is -0.484 e. The average molecular weight is 274 g/mol. The molecule has 1 saturated carbocycles. The van der Waals surface area contributed by atoms with Gasteiger partial charge in [-0.25, -0.2) is 0 Å². The third-order valence-electron chi connectivity index (χ3n) is 4.17. The first-order chi connectivity index (χ1) is 8.94. The summed E-state index contributed by atoms with van der Waals surface area (Å²) < 4.78 is 40.9. The molecule has 0 radical (unpaired) electrons. The molecule has 2 aliphatic rings. The summed E-state index contributed by atoms with van der Waals surface area (Å²) in [5, 5.41) is 0. The standard InChI is InChI=1S/C15H21F3O/c1-11-2-4-12(5-3-11)13-6-8-14(9-7-13)19-10-15(16,17)18/h6,8-9,11-13H,2-5,7,10H2,1H3. The molecule has 0 amide bonds. The number of alkyl halides is 3. The molecule has 0 N–H and O–H groups in total. The second-order valence-electron chi connectivity index (χ2n) is 5.79. The zero-order valence-electron chi connectivity index (χ0n) is 11.2. The zero-order valence-corrected chi connectivity index (χ0v) is 11.2. The molecule has 4 heteroatoms. The molecule has 0 saturated heterocycles. The third kappa shape index (κ3) is 4.59. The monoisotopic (exact) mass is 274 g/mol. The summed E-state index contributed by atoms with van der Waals surface area (Å²) in [6, 6.07) is 0. The van der Waals surface area contributed by atoms with Crippen LogP contribution >= 0.6 is 0 Å². The van der Waals surface area contributed by atoms with E-state index in [-0.39, 0.29) is 0 Å². The van der Waals surface area contributed by atoms with E-state index in [9.17, 15) is 13.2 Å². The van der Waals surface area contributed by atoms with Crippen molar-refractivity contribution in [3.05, 3.63) is 24.0 Å². The molecule has 19 heavy (non-hydrogen) atoms. The van der Waals surface area contributed by atoms with Crippen molar-refractivity contribution in [2.45, 2.75) is 45.2 Å². The Labute approximate surface area is 112 Å². The molecule has 0 aromatic carbocycles. The Bertz CT molecular complexity index is 349. The Hall–Kier alpha value is -0.930. The summed E-state index contributed by atoms with van der Waals surface area (Å²) in [4.78, 5) is 0. The van der Waals surface area contributed by atoms with Crippen LogP contribution in [-0.4, -0.2) is 12.8 Å². The second-order valence-corrected chi connectivity index (χ2v) is 5.79. The summed E-state index contributed by atoms with van der Waals surface area (Å²) in [6.45, 7) is 1.09. The van der Waals surface area contributed by atoms with Crippen molar-refractivity contribution in [1.82, 2.24) is 0 Å². The number of allylic oxidation sites excluding steroid dienone is 3. The van der Waals surface area contributed by atoms with E-state index >= 15 is 0 Å². The summed E-state index contributed by atoms with van der Waals surface area (Å²) in [6.07, 6.45) is 7.12. The Morgan fingerprint density at radius 1 is 1.21 bits per heavy atom. The Kier molecular flexibility index (Phi) is 4.58. The SMILES string of the molecule is CC1CCC(C2C=CC(OCC(F)(F)F)=CC2)CC1. The number of hydrogen-bond acceptors (Lipinski definition) is 1. The maximum atomic E-state index is 12.0. The fourth-order valence-electron chi connectivity index (χ4n) is 2.95. The molecule has 0 spiro atoms. The smallest absolute Gasteiger partial charge is 0.422 e. The topological polar surface area (TPSA) is 9.23 Å². The van der Waals surface area contributed by atoms with Crippen LogP contribution < -0.4 is 0 Å². The number of halogens is 3. The highest BCUT2D eigenvalue weighted by Crippen LogP contribution is 2.37. The fraction of sp³-hybridized carbons (Fsp3) is 0.733. The van der Waals surface area contributed by atoms with Crippen LogP contribution in [0.3, 0.4) is 0 Å². The van der Waals surface area contributed by atoms with E-state index in [4.69, 9.17) is 4.74 Å². The molecule has 0 aliphatic heterocycles. The largest absolute Gasteiger partial charge is 0.484 e. The van der Waals surface area contributed by atoms with Crippen LogP contribution in [0.1, 0.15) is 39.0 Å². The maximum Gasteiger partial charge on any atom is 0.422 e. The maximum absolute atomic E-state index is 12.0. The Morgan fingerprint density at radius 3 is 2.42 bits per heavy atom. The average Bonchev–Trinajstić information content (AvgIpc) is 2.37. The molecule has 1 unspecified atom stereocenters. The van der Waals surface area contributed by atoms with E-state index in [1.165, 1.54) is 25.7 Å². The lowest BCUT2D eigenvalue weighted by molar-refractivity contribution is -0.163. The van der Waals surface area contributed by atoms with Crippen LogP contribution in [0.4, 0.5) is 13.2 Å². The third-order valence-corrected chi connectivity index (χ3v) is 4.17. The van der Waals surface area contributed by atoms with Gasteiger partial charge in [0.25, 0.3) is 0 Å². The number of hydrogen-bond donors (Lipinski definition) is 0. The minimum absolute atomic E-state index is 0.359. The van der Waals surface area contributed by atoms with E-state index in [2.05, 4.69) is 6.92 Å². The van der Waals surface area contributed by atoms with Gasteiger partial charge in [-0.2, -0.15) is 13.2 Å². The molecule has 2 aliphatic carbocycles. The van der Waals surface area contributed by atoms with E-state index in [1.807, 2.05) is 6.08 Å². The van der Waals surface area contributed by atoms with Gasteiger partial charge in [-0.15, -0.1) is 0 Å². The van der Waals surface area contributed by atoms with Crippen molar-refractivity contribution in [3.63, 3.8) is 0 Å². The van der Waals surface area contributed by atoms with Crippen LogP contribution in [0.5, 0.6) is 0 Å². The normalized spacial score (nSPS) is 32.0. The van der Waals surface area contributed by atoms with E-state index in [0.717, 1.165) is 12.3 Å². The predicted molar refractivity (Wildman–Crippen MR) is 68.5 cm³/mol. The lowest BCUT2D eigenvalue weighted by atomic mass is 9.74. The highest BCUT2D eigenvalue weighted by atomic mass is 19.4. The first-order valence-corrected chi connectivity index (χ1v) is 7.02. The Balaban J connectivity index is 1.78. The summed E-state index contributed by atoms with van der Waals surface area (Å²) in [5.74, 6) is 2.35. The molecule has 0 aromatic rings. The number of ether oxygens (including phenoxy) is 1. The highest BCUT2D eigenvalue weighted by Gasteiger charge is 2.29. The van der Waals surface area contributed by atoms with Gasteiger partial charge in [0.05, 0.1) is 0 Å². The van der Waals surface area contributed by atoms with Crippen molar-refractivity contribution < 1.29 is 17.9 Å². The van der Waals surface area contributed by atoms with Gasteiger partial charge in [-0.1, -0.05) is 25.8 Å². The van der Waals surface area contributed by atoms with E-state index in [0.29, 0.717) is 17.6 Å². The van der Waals surface area contributed by atoms with Gasteiger partial charge in [-0.3, -0.25) is 0 Å². The van der Waals surface area contributed by atoms with Crippen LogP contribution in [0.2, 0.25) is 0 Å². The lowest BCUT2D eigenvalue weighted by Gasteiger charge is -2.32. The molecule has 2 rings (SSSR count). The van der Waals surface area contributed by atoms with Crippen LogP contribution in [-0.2, 0) is 4.74 Å². The summed E-state index contributed by atoms with van der Waals surface area (Å²) in [5.41, 5.74) is 0. The lowest BCUT2D eigenvalue weighted by Crippen LogP contribution is -2.21. The van der Waals surface area contributed by atoms with Gasteiger partial charge in [0, 0.05) is 0 Å². The van der Waals surface area contributed by atoms with Gasteiger partial charge >= 0.3 is 6.18 Å². The second kappa shape index (κ2) is 6.02. The van der Waals surface area contributed by atoms with Crippen LogP contribution in [0.15, 0.2) is 24.0 Å². The fourth-order valence-corrected chi connectivity index (χ4v) is 2.95. The molecule has 1 atom stereocenters.